The average molecular weight is 419 g/mol. The first kappa shape index (κ1) is 17.3. The highest BCUT2D eigenvalue weighted by Gasteiger charge is 2.20. The van der Waals surface area contributed by atoms with Crippen LogP contribution in [0.5, 0.6) is 5.75 Å². The number of halogens is 2. The van der Waals surface area contributed by atoms with E-state index in [1.807, 2.05) is 0 Å². The molecule has 1 aromatic carbocycles. The minimum absolute atomic E-state index is 0.738. The molecule has 0 bridgehead atoms. The van der Waals surface area contributed by atoms with Crippen molar-refractivity contribution in [3.8, 4) is 5.75 Å². The zero-order chi connectivity index (χ0) is 15.1. The molecule has 0 amide bonds. The third-order valence-electron chi connectivity index (χ3n) is 3.72. The van der Waals surface area contributed by atoms with Crippen molar-refractivity contribution in [2.75, 3.05) is 6.61 Å². The van der Waals surface area contributed by atoms with Crippen molar-refractivity contribution in [1.82, 2.24) is 5.32 Å². The van der Waals surface area contributed by atoms with Gasteiger partial charge in [0.1, 0.15) is 5.75 Å². The maximum absolute atomic E-state index is 5.93. The summed E-state index contributed by atoms with van der Waals surface area (Å²) in [4.78, 5) is 0. The summed E-state index contributed by atoms with van der Waals surface area (Å²) in [7, 11) is 0. The van der Waals surface area contributed by atoms with Crippen LogP contribution in [0, 0.1) is 0 Å². The molecule has 118 valence electrons. The molecule has 0 aliphatic heterocycles. The first-order valence-corrected chi connectivity index (χ1v) is 9.63. The first-order chi connectivity index (χ1) is 10.2. The second kappa shape index (κ2) is 9.16. The lowest BCUT2D eigenvalue weighted by Crippen LogP contribution is -2.15. The Morgan fingerprint density at radius 3 is 2.38 bits per heavy atom. The van der Waals surface area contributed by atoms with E-state index < -0.39 is 0 Å². The van der Waals surface area contributed by atoms with Crippen LogP contribution in [-0.2, 0) is 6.54 Å². The van der Waals surface area contributed by atoms with Gasteiger partial charge in [0.15, 0.2) is 0 Å². The lowest BCUT2D eigenvalue weighted by molar-refractivity contribution is 0.301. The van der Waals surface area contributed by atoms with Gasteiger partial charge in [-0.25, -0.2) is 0 Å². The normalized spacial score (nSPS) is 14.4. The van der Waals surface area contributed by atoms with E-state index in [4.69, 9.17) is 4.74 Å². The Morgan fingerprint density at radius 1 is 1.10 bits per heavy atom. The Hall–Kier alpha value is -0.0600. The number of hydrogen-bond acceptors (Lipinski definition) is 2. The highest BCUT2D eigenvalue weighted by molar-refractivity contribution is 9.11. The smallest absolute Gasteiger partial charge is 0.147 e. The number of nitrogens with one attached hydrogen (secondary N) is 1. The van der Waals surface area contributed by atoms with E-state index in [0.717, 1.165) is 40.3 Å². The molecule has 1 N–H and O–H groups in total. The van der Waals surface area contributed by atoms with Crippen molar-refractivity contribution in [2.24, 2.45) is 0 Å². The predicted molar refractivity (Wildman–Crippen MR) is 96.0 cm³/mol. The van der Waals surface area contributed by atoms with Gasteiger partial charge in [-0.15, -0.1) is 0 Å². The molecule has 2 rings (SSSR count). The molecule has 21 heavy (non-hydrogen) atoms. The van der Waals surface area contributed by atoms with E-state index in [2.05, 4.69) is 56.2 Å². The largest absolute Gasteiger partial charge is 0.491 e. The molecule has 0 atom stereocenters. The fourth-order valence-corrected chi connectivity index (χ4v) is 3.79. The summed E-state index contributed by atoms with van der Waals surface area (Å²) in [6.45, 7) is 3.96. The molecule has 1 aliphatic carbocycles. The summed E-state index contributed by atoms with van der Waals surface area (Å²) in [6.07, 6.45) is 8.96. The summed E-state index contributed by atoms with van der Waals surface area (Å²) in [5.74, 6) is 0.931. The summed E-state index contributed by atoms with van der Waals surface area (Å²) >= 11 is 7.26. The van der Waals surface area contributed by atoms with E-state index >= 15 is 0 Å². The van der Waals surface area contributed by atoms with Crippen molar-refractivity contribution in [2.45, 2.75) is 64.5 Å². The molecule has 0 spiro atoms. The molecule has 0 heterocycles. The standard InChI is InChI=1S/C17H25Br2NO/c1-2-3-4-5-6-9-21-17-15(18)10-13(11-16(17)19)12-20-14-7-8-14/h10-11,14,20H,2-9,12H2,1H3. The Balaban J connectivity index is 1.78. The molecular weight excluding hydrogens is 394 g/mol. The van der Waals surface area contributed by atoms with Crippen LogP contribution in [0.15, 0.2) is 21.1 Å². The van der Waals surface area contributed by atoms with Crippen molar-refractivity contribution >= 4 is 31.9 Å². The summed E-state index contributed by atoms with van der Waals surface area (Å²) in [5, 5.41) is 3.54. The average Bonchev–Trinajstić information content (AvgIpc) is 3.27. The summed E-state index contributed by atoms with van der Waals surface area (Å²) in [5.41, 5.74) is 1.29. The van der Waals surface area contributed by atoms with Crippen LogP contribution in [-0.4, -0.2) is 12.6 Å². The second-order valence-corrected chi connectivity index (χ2v) is 7.52. The molecule has 0 saturated heterocycles. The number of unbranched alkanes of at least 4 members (excludes halogenated alkanes) is 4. The second-order valence-electron chi connectivity index (χ2n) is 5.81. The Kier molecular flexibility index (Phi) is 7.55. The molecule has 4 heteroatoms. The zero-order valence-corrected chi connectivity index (χ0v) is 15.9. The van der Waals surface area contributed by atoms with E-state index in [0.29, 0.717) is 0 Å². The number of rotatable bonds is 10. The Morgan fingerprint density at radius 2 is 1.76 bits per heavy atom. The Labute approximate surface area is 145 Å². The molecule has 1 saturated carbocycles. The van der Waals surface area contributed by atoms with E-state index in [1.54, 1.807) is 0 Å². The van der Waals surface area contributed by atoms with Crippen LogP contribution in [0.2, 0.25) is 0 Å². The third kappa shape index (κ3) is 6.29. The van der Waals surface area contributed by atoms with Gasteiger partial charge >= 0.3 is 0 Å². The van der Waals surface area contributed by atoms with Crippen molar-refractivity contribution in [3.63, 3.8) is 0 Å². The maximum Gasteiger partial charge on any atom is 0.147 e. The molecule has 1 fully saturated rings. The maximum atomic E-state index is 5.93. The van der Waals surface area contributed by atoms with Gasteiger partial charge < -0.3 is 10.1 Å². The molecule has 2 nitrogen and oxygen atoms in total. The van der Waals surface area contributed by atoms with E-state index in [1.165, 1.54) is 44.1 Å². The molecule has 1 aromatic rings. The van der Waals surface area contributed by atoms with Gasteiger partial charge in [-0.05, 0) is 68.8 Å². The van der Waals surface area contributed by atoms with Gasteiger partial charge in [0.25, 0.3) is 0 Å². The predicted octanol–water partition coefficient (Wildman–Crippen LogP) is 5.81. The number of benzene rings is 1. The SMILES string of the molecule is CCCCCCCOc1c(Br)cc(CNC2CC2)cc1Br. The molecule has 0 unspecified atom stereocenters. The summed E-state index contributed by atoms with van der Waals surface area (Å²) in [6, 6.07) is 5.06. The van der Waals surface area contributed by atoms with Gasteiger partial charge in [-0.3, -0.25) is 0 Å². The monoisotopic (exact) mass is 417 g/mol. The summed E-state index contributed by atoms with van der Waals surface area (Å²) < 4.78 is 8.01. The van der Waals surface area contributed by atoms with Crippen molar-refractivity contribution in [1.29, 1.82) is 0 Å². The minimum Gasteiger partial charge on any atom is -0.491 e. The quantitative estimate of drug-likeness (QED) is 0.483. The van der Waals surface area contributed by atoms with Crippen LogP contribution < -0.4 is 10.1 Å². The van der Waals surface area contributed by atoms with Gasteiger partial charge in [0.2, 0.25) is 0 Å². The molecule has 0 radical (unpaired) electrons. The first-order valence-electron chi connectivity index (χ1n) is 8.04. The van der Waals surface area contributed by atoms with Crippen LogP contribution in [0.3, 0.4) is 0 Å². The van der Waals surface area contributed by atoms with Crippen molar-refractivity contribution in [3.05, 3.63) is 26.6 Å². The molecule has 0 aromatic heterocycles. The minimum atomic E-state index is 0.738. The van der Waals surface area contributed by atoms with Crippen LogP contribution >= 0.6 is 31.9 Å². The van der Waals surface area contributed by atoms with Gasteiger partial charge in [0, 0.05) is 12.6 Å². The fourth-order valence-electron chi connectivity index (χ4n) is 2.28. The van der Waals surface area contributed by atoms with Crippen LogP contribution in [0.25, 0.3) is 0 Å². The third-order valence-corrected chi connectivity index (χ3v) is 4.90. The zero-order valence-electron chi connectivity index (χ0n) is 12.8. The lowest BCUT2D eigenvalue weighted by Gasteiger charge is -2.12. The van der Waals surface area contributed by atoms with Crippen LogP contribution in [0.1, 0.15) is 57.4 Å². The number of ether oxygens (including phenoxy) is 1. The molecular formula is C17H25Br2NO. The van der Waals surface area contributed by atoms with E-state index in [-0.39, 0.29) is 0 Å². The lowest BCUT2D eigenvalue weighted by atomic mass is 10.2. The number of hydrogen-bond donors (Lipinski definition) is 1. The molecule has 1 aliphatic rings. The van der Waals surface area contributed by atoms with E-state index in [9.17, 15) is 0 Å². The van der Waals surface area contributed by atoms with Crippen LogP contribution in [0.4, 0.5) is 0 Å². The van der Waals surface area contributed by atoms with Crippen molar-refractivity contribution < 1.29 is 4.74 Å². The highest BCUT2D eigenvalue weighted by Crippen LogP contribution is 2.35. The Bertz CT molecular complexity index is 423. The van der Waals surface area contributed by atoms with Gasteiger partial charge in [0.05, 0.1) is 15.6 Å². The fraction of sp³-hybridized carbons (Fsp3) is 0.647. The topological polar surface area (TPSA) is 21.3 Å². The van der Waals surface area contributed by atoms with Gasteiger partial charge in [-0.2, -0.15) is 0 Å². The van der Waals surface area contributed by atoms with Gasteiger partial charge in [-0.1, -0.05) is 32.6 Å². The highest BCUT2D eigenvalue weighted by atomic mass is 79.9.